The molecule has 1 rings (SSSR count). The number of hydrogen-bond acceptors (Lipinski definition) is 3. The van der Waals surface area contributed by atoms with Crippen LogP contribution in [0.1, 0.15) is 21.6 Å². The third-order valence-corrected chi connectivity index (χ3v) is 1.99. The number of aromatic nitrogens is 1. The number of hydrogen-bond donors (Lipinski definition) is 3. The molecule has 0 saturated heterocycles. The first-order valence-electron chi connectivity index (χ1n) is 4.62. The van der Waals surface area contributed by atoms with Gasteiger partial charge in [-0.2, -0.15) is 0 Å². The summed E-state index contributed by atoms with van der Waals surface area (Å²) in [5, 5.41) is 10.5. The van der Waals surface area contributed by atoms with Crippen LogP contribution in [0.4, 0.5) is 0 Å². The molecule has 86 valence electrons. The normalized spacial score (nSPS) is 9.88. The summed E-state index contributed by atoms with van der Waals surface area (Å²) in [6, 6.07) is 1.65. The summed E-state index contributed by atoms with van der Waals surface area (Å²) in [6.07, 6.45) is 0. The van der Waals surface area contributed by atoms with Crippen LogP contribution in [-0.2, 0) is 4.79 Å². The number of carboxylic acid groups (broad SMARTS) is 1. The Morgan fingerprint density at radius 1 is 1.44 bits per heavy atom. The molecule has 0 bridgehead atoms. The minimum absolute atomic E-state index is 0.0492. The number of carbonyl (C=O) groups is 2. The monoisotopic (exact) mass is 224 g/mol. The molecule has 1 aromatic heterocycles. The van der Waals surface area contributed by atoms with Gasteiger partial charge in [-0.05, 0) is 25.5 Å². The molecular weight excluding hydrogens is 212 g/mol. The molecule has 1 amide bonds. The molecule has 0 spiro atoms. The zero-order valence-electron chi connectivity index (χ0n) is 8.96. The van der Waals surface area contributed by atoms with E-state index in [1.165, 1.54) is 0 Å². The summed E-state index contributed by atoms with van der Waals surface area (Å²) in [4.78, 5) is 35.7. The summed E-state index contributed by atoms with van der Waals surface area (Å²) < 4.78 is 0. The fraction of sp³-hybridized carbons (Fsp3) is 0.300. The van der Waals surface area contributed by atoms with Crippen molar-refractivity contribution in [3.8, 4) is 0 Å². The number of carbonyl (C=O) groups excluding carboxylic acids is 1. The van der Waals surface area contributed by atoms with Crippen molar-refractivity contribution in [3.05, 3.63) is 33.2 Å². The van der Waals surface area contributed by atoms with E-state index in [-0.39, 0.29) is 5.56 Å². The summed E-state index contributed by atoms with van der Waals surface area (Å²) in [6.45, 7) is 2.82. The maximum Gasteiger partial charge on any atom is 0.322 e. The Bertz CT molecular complexity index is 490. The maximum atomic E-state index is 11.5. The molecular formula is C10H12N2O4. The van der Waals surface area contributed by atoms with E-state index >= 15 is 0 Å². The van der Waals surface area contributed by atoms with Gasteiger partial charge in [0.1, 0.15) is 12.1 Å². The van der Waals surface area contributed by atoms with Crippen molar-refractivity contribution in [3.63, 3.8) is 0 Å². The Morgan fingerprint density at radius 3 is 2.56 bits per heavy atom. The predicted octanol–water partition coefficient (Wildman–Crippen LogP) is -0.194. The molecule has 0 fully saturated rings. The number of H-pyrrole nitrogens is 1. The fourth-order valence-corrected chi connectivity index (χ4v) is 1.38. The predicted molar refractivity (Wildman–Crippen MR) is 56.5 cm³/mol. The molecule has 16 heavy (non-hydrogen) atoms. The fourth-order valence-electron chi connectivity index (χ4n) is 1.38. The minimum atomic E-state index is -1.16. The van der Waals surface area contributed by atoms with Gasteiger partial charge in [0, 0.05) is 5.69 Å². The lowest BCUT2D eigenvalue weighted by atomic mass is 10.1. The third kappa shape index (κ3) is 2.69. The highest BCUT2D eigenvalue weighted by Crippen LogP contribution is 2.02. The molecule has 0 saturated carbocycles. The highest BCUT2D eigenvalue weighted by atomic mass is 16.4. The Hall–Kier alpha value is -2.11. The van der Waals surface area contributed by atoms with Crippen LogP contribution in [0, 0.1) is 13.8 Å². The molecule has 3 N–H and O–H groups in total. The highest BCUT2D eigenvalue weighted by molar-refractivity contribution is 5.96. The molecule has 0 aliphatic heterocycles. The van der Waals surface area contributed by atoms with Gasteiger partial charge in [0.2, 0.25) is 0 Å². The topological polar surface area (TPSA) is 99.3 Å². The first-order valence-corrected chi connectivity index (χ1v) is 4.62. The Kier molecular flexibility index (Phi) is 3.44. The van der Waals surface area contributed by atoms with Gasteiger partial charge in [-0.3, -0.25) is 14.4 Å². The molecule has 6 nitrogen and oxygen atoms in total. The second-order valence-electron chi connectivity index (χ2n) is 3.42. The average Bonchev–Trinajstić information content (AvgIpc) is 2.12. The van der Waals surface area contributed by atoms with Crippen molar-refractivity contribution in [2.24, 2.45) is 0 Å². The van der Waals surface area contributed by atoms with Crippen molar-refractivity contribution in [2.45, 2.75) is 13.8 Å². The van der Waals surface area contributed by atoms with Crippen LogP contribution >= 0.6 is 0 Å². The number of nitrogens with one attached hydrogen (secondary N) is 2. The second-order valence-corrected chi connectivity index (χ2v) is 3.42. The summed E-state index contributed by atoms with van der Waals surface area (Å²) in [5.41, 5.74) is 0.605. The van der Waals surface area contributed by atoms with Crippen molar-refractivity contribution in [2.75, 3.05) is 6.54 Å². The summed E-state index contributed by atoms with van der Waals surface area (Å²) in [5.74, 6) is -1.84. The summed E-state index contributed by atoms with van der Waals surface area (Å²) >= 11 is 0. The molecule has 0 radical (unpaired) electrons. The third-order valence-electron chi connectivity index (χ3n) is 1.99. The van der Waals surface area contributed by atoms with E-state index in [9.17, 15) is 14.4 Å². The zero-order valence-corrected chi connectivity index (χ0v) is 8.96. The first-order chi connectivity index (χ1) is 7.41. The van der Waals surface area contributed by atoms with Crippen molar-refractivity contribution in [1.29, 1.82) is 0 Å². The van der Waals surface area contributed by atoms with Crippen LogP contribution in [0.15, 0.2) is 10.9 Å². The number of aliphatic carboxylic acids is 1. The van der Waals surface area contributed by atoms with Gasteiger partial charge in [-0.15, -0.1) is 0 Å². The average molecular weight is 224 g/mol. The van der Waals surface area contributed by atoms with E-state index in [0.717, 1.165) is 0 Å². The Morgan fingerprint density at radius 2 is 2.06 bits per heavy atom. The molecule has 0 unspecified atom stereocenters. The molecule has 0 atom stereocenters. The van der Waals surface area contributed by atoms with E-state index in [2.05, 4.69) is 10.3 Å². The lowest BCUT2D eigenvalue weighted by molar-refractivity contribution is -0.135. The number of aromatic amines is 1. The van der Waals surface area contributed by atoms with Crippen LogP contribution in [0.3, 0.4) is 0 Å². The first kappa shape index (κ1) is 12.0. The lowest BCUT2D eigenvalue weighted by Gasteiger charge is -2.05. The smallest absolute Gasteiger partial charge is 0.322 e. The van der Waals surface area contributed by atoms with Crippen LogP contribution in [0.25, 0.3) is 0 Å². The van der Waals surface area contributed by atoms with Gasteiger partial charge in [0.15, 0.2) is 0 Å². The van der Waals surface area contributed by atoms with E-state index in [0.29, 0.717) is 11.3 Å². The van der Waals surface area contributed by atoms with Crippen LogP contribution < -0.4 is 10.9 Å². The second kappa shape index (κ2) is 4.61. The molecule has 0 aromatic carbocycles. The standard InChI is InChI=1S/C10H12N2O4/c1-5-3-6(2)12-10(16)8(5)9(15)11-4-7(13)14/h3H,4H2,1-2H3,(H,11,15)(H,12,16)(H,13,14). The molecule has 1 aromatic rings. The zero-order chi connectivity index (χ0) is 12.3. The molecule has 6 heteroatoms. The number of rotatable bonds is 3. The van der Waals surface area contributed by atoms with E-state index < -0.39 is 24.0 Å². The minimum Gasteiger partial charge on any atom is -0.480 e. The van der Waals surface area contributed by atoms with Crippen molar-refractivity contribution >= 4 is 11.9 Å². The quantitative estimate of drug-likeness (QED) is 0.662. The SMILES string of the molecule is Cc1cc(C)c(C(=O)NCC(=O)O)c(=O)[nH]1. The molecule has 0 aliphatic rings. The van der Waals surface area contributed by atoms with Gasteiger partial charge in [0.05, 0.1) is 0 Å². The van der Waals surface area contributed by atoms with Gasteiger partial charge >= 0.3 is 5.97 Å². The number of amides is 1. The molecule has 1 heterocycles. The number of carboxylic acids is 1. The summed E-state index contributed by atoms with van der Waals surface area (Å²) in [7, 11) is 0. The largest absolute Gasteiger partial charge is 0.480 e. The van der Waals surface area contributed by atoms with Gasteiger partial charge in [-0.25, -0.2) is 0 Å². The Labute approximate surface area is 91.3 Å². The molecule has 0 aliphatic carbocycles. The lowest BCUT2D eigenvalue weighted by Crippen LogP contribution is -2.34. The number of aryl methyl sites for hydroxylation is 2. The van der Waals surface area contributed by atoms with Crippen molar-refractivity contribution < 1.29 is 14.7 Å². The van der Waals surface area contributed by atoms with E-state index in [4.69, 9.17) is 5.11 Å². The maximum absolute atomic E-state index is 11.5. The van der Waals surface area contributed by atoms with Crippen LogP contribution in [-0.4, -0.2) is 28.5 Å². The van der Waals surface area contributed by atoms with E-state index in [1.54, 1.807) is 19.9 Å². The van der Waals surface area contributed by atoms with Crippen LogP contribution in [0.5, 0.6) is 0 Å². The van der Waals surface area contributed by atoms with Crippen molar-refractivity contribution in [1.82, 2.24) is 10.3 Å². The Balaban J connectivity index is 3.00. The van der Waals surface area contributed by atoms with E-state index in [1.807, 2.05) is 0 Å². The van der Waals surface area contributed by atoms with Gasteiger partial charge in [0.25, 0.3) is 11.5 Å². The highest BCUT2D eigenvalue weighted by Gasteiger charge is 2.14. The van der Waals surface area contributed by atoms with Crippen LogP contribution in [0.2, 0.25) is 0 Å². The van der Waals surface area contributed by atoms with Gasteiger partial charge < -0.3 is 15.4 Å². The van der Waals surface area contributed by atoms with Gasteiger partial charge in [-0.1, -0.05) is 0 Å². The number of pyridine rings is 1.